The fourth-order valence-corrected chi connectivity index (χ4v) is 2.14. The number of nitrogens with one attached hydrogen (secondary N) is 1. The van der Waals surface area contributed by atoms with Gasteiger partial charge >= 0.3 is 0 Å². The Morgan fingerprint density at radius 3 is 2.69 bits per heavy atom. The molecule has 1 heterocycles. The molecule has 0 spiro atoms. The fraction of sp³-hybridized carbons (Fsp3) is 0.692. The van der Waals surface area contributed by atoms with Crippen LogP contribution in [0.15, 0.2) is 16.8 Å². The lowest BCUT2D eigenvalue weighted by Crippen LogP contribution is -2.34. The topological polar surface area (TPSA) is 21.3 Å². The van der Waals surface area contributed by atoms with E-state index in [0.717, 1.165) is 19.4 Å². The van der Waals surface area contributed by atoms with Crippen LogP contribution in [-0.2, 0) is 11.2 Å². The highest BCUT2D eigenvalue weighted by Crippen LogP contribution is 2.12. The molecule has 0 aliphatic heterocycles. The van der Waals surface area contributed by atoms with Crippen molar-refractivity contribution in [3.05, 3.63) is 22.4 Å². The largest absolute Gasteiger partial charge is 0.374 e. The van der Waals surface area contributed by atoms with Crippen LogP contribution in [0, 0.1) is 0 Å². The first kappa shape index (κ1) is 13.7. The van der Waals surface area contributed by atoms with E-state index in [2.05, 4.69) is 42.9 Å². The predicted molar refractivity (Wildman–Crippen MR) is 71.2 cm³/mol. The molecule has 1 unspecified atom stereocenters. The van der Waals surface area contributed by atoms with Gasteiger partial charge in [0.15, 0.2) is 0 Å². The molecule has 1 aromatic rings. The van der Waals surface area contributed by atoms with E-state index < -0.39 is 0 Å². The van der Waals surface area contributed by atoms with E-state index in [-0.39, 0.29) is 5.60 Å². The quantitative estimate of drug-likeness (QED) is 0.826. The van der Waals surface area contributed by atoms with Gasteiger partial charge in [0.05, 0.1) is 12.2 Å². The minimum atomic E-state index is -0.0442. The first-order chi connectivity index (χ1) is 7.51. The third-order valence-electron chi connectivity index (χ3n) is 2.49. The van der Waals surface area contributed by atoms with E-state index >= 15 is 0 Å². The molecule has 0 saturated carbocycles. The summed E-state index contributed by atoms with van der Waals surface area (Å²) < 4.78 is 5.79. The van der Waals surface area contributed by atoms with Crippen molar-refractivity contribution in [1.82, 2.24) is 5.32 Å². The maximum Gasteiger partial charge on any atom is 0.0626 e. The van der Waals surface area contributed by atoms with E-state index in [1.165, 1.54) is 5.56 Å². The normalized spacial score (nSPS) is 14.0. The van der Waals surface area contributed by atoms with Gasteiger partial charge in [0, 0.05) is 6.04 Å². The third kappa shape index (κ3) is 5.64. The number of hydrogen-bond acceptors (Lipinski definition) is 3. The fourth-order valence-electron chi connectivity index (χ4n) is 1.44. The van der Waals surface area contributed by atoms with E-state index in [4.69, 9.17) is 4.74 Å². The van der Waals surface area contributed by atoms with Crippen LogP contribution < -0.4 is 5.32 Å². The number of thiophene rings is 1. The Morgan fingerprint density at radius 1 is 1.44 bits per heavy atom. The van der Waals surface area contributed by atoms with Crippen LogP contribution in [0.2, 0.25) is 0 Å². The van der Waals surface area contributed by atoms with E-state index in [1.807, 2.05) is 7.05 Å². The molecule has 0 amide bonds. The molecule has 1 rings (SSSR count). The SMILES string of the molecule is CNC(CCc1ccsc1)COC(C)(C)C. The summed E-state index contributed by atoms with van der Waals surface area (Å²) in [4.78, 5) is 0. The highest BCUT2D eigenvalue weighted by atomic mass is 32.1. The molecular formula is C13H23NOS. The van der Waals surface area contributed by atoms with Crippen molar-refractivity contribution in [1.29, 1.82) is 0 Å². The highest BCUT2D eigenvalue weighted by molar-refractivity contribution is 7.07. The Hall–Kier alpha value is -0.380. The smallest absolute Gasteiger partial charge is 0.0626 e. The third-order valence-corrected chi connectivity index (χ3v) is 3.22. The molecule has 0 saturated heterocycles. The summed E-state index contributed by atoms with van der Waals surface area (Å²) in [5.74, 6) is 0. The lowest BCUT2D eigenvalue weighted by Gasteiger charge is -2.24. The molecule has 0 aromatic carbocycles. The zero-order valence-electron chi connectivity index (χ0n) is 10.7. The average Bonchev–Trinajstić information content (AvgIpc) is 2.69. The van der Waals surface area contributed by atoms with Crippen molar-refractivity contribution in [2.45, 2.75) is 45.3 Å². The van der Waals surface area contributed by atoms with Gasteiger partial charge in [-0.3, -0.25) is 0 Å². The van der Waals surface area contributed by atoms with Crippen molar-refractivity contribution in [2.75, 3.05) is 13.7 Å². The Balaban J connectivity index is 2.27. The molecule has 0 aliphatic carbocycles. The van der Waals surface area contributed by atoms with Crippen molar-refractivity contribution in [3.63, 3.8) is 0 Å². The molecule has 1 atom stereocenters. The van der Waals surface area contributed by atoms with Crippen LogP contribution in [0.1, 0.15) is 32.8 Å². The number of aryl methyl sites for hydroxylation is 1. The molecule has 3 heteroatoms. The first-order valence-corrected chi connectivity index (χ1v) is 6.78. The molecule has 1 aromatic heterocycles. The van der Waals surface area contributed by atoms with Crippen LogP contribution in [0.25, 0.3) is 0 Å². The molecule has 1 N–H and O–H groups in total. The van der Waals surface area contributed by atoms with Crippen molar-refractivity contribution < 1.29 is 4.74 Å². The first-order valence-electron chi connectivity index (χ1n) is 5.83. The maximum atomic E-state index is 5.79. The second-order valence-corrected chi connectivity index (χ2v) is 5.86. The highest BCUT2D eigenvalue weighted by Gasteiger charge is 2.14. The van der Waals surface area contributed by atoms with Crippen LogP contribution in [-0.4, -0.2) is 25.3 Å². The number of rotatable bonds is 6. The molecule has 0 aliphatic rings. The van der Waals surface area contributed by atoms with Gasteiger partial charge in [-0.2, -0.15) is 11.3 Å². The van der Waals surface area contributed by atoms with Crippen LogP contribution in [0.4, 0.5) is 0 Å². The van der Waals surface area contributed by atoms with Gasteiger partial charge in [-0.1, -0.05) is 0 Å². The van der Waals surface area contributed by atoms with Crippen LogP contribution in [0.3, 0.4) is 0 Å². The number of likely N-dealkylation sites (N-methyl/N-ethyl adjacent to an activating group) is 1. The van der Waals surface area contributed by atoms with Gasteiger partial charge in [0.25, 0.3) is 0 Å². The van der Waals surface area contributed by atoms with Gasteiger partial charge in [-0.05, 0) is 63.1 Å². The summed E-state index contributed by atoms with van der Waals surface area (Å²) in [7, 11) is 2.00. The molecule has 0 radical (unpaired) electrons. The summed E-state index contributed by atoms with van der Waals surface area (Å²) in [6.07, 6.45) is 2.26. The van der Waals surface area contributed by atoms with E-state index in [9.17, 15) is 0 Å². The number of ether oxygens (including phenoxy) is 1. The molecular weight excluding hydrogens is 218 g/mol. The predicted octanol–water partition coefficient (Wildman–Crippen LogP) is 3.08. The van der Waals surface area contributed by atoms with Crippen molar-refractivity contribution in [2.24, 2.45) is 0 Å². The molecule has 0 bridgehead atoms. The van der Waals surface area contributed by atoms with Gasteiger partial charge in [0.1, 0.15) is 0 Å². The number of hydrogen-bond donors (Lipinski definition) is 1. The van der Waals surface area contributed by atoms with Crippen LogP contribution in [0.5, 0.6) is 0 Å². The lowest BCUT2D eigenvalue weighted by molar-refractivity contribution is -0.0144. The standard InChI is InChI=1S/C13H23NOS/c1-13(2,3)15-9-12(14-4)6-5-11-7-8-16-10-11/h7-8,10,12,14H,5-6,9H2,1-4H3. The summed E-state index contributed by atoms with van der Waals surface area (Å²) in [6, 6.07) is 2.64. The summed E-state index contributed by atoms with van der Waals surface area (Å²) in [5, 5.41) is 7.67. The second kappa shape index (κ2) is 6.38. The van der Waals surface area contributed by atoms with E-state index in [0.29, 0.717) is 6.04 Å². The Labute approximate surface area is 103 Å². The molecule has 16 heavy (non-hydrogen) atoms. The molecule has 0 fully saturated rings. The summed E-state index contributed by atoms with van der Waals surface area (Å²) in [5.41, 5.74) is 1.39. The summed E-state index contributed by atoms with van der Waals surface area (Å²) in [6.45, 7) is 7.07. The average molecular weight is 241 g/mol. The monoisotopic (exact) mass is 241 g/mol. The Bertz CT molecular complexity index is 277. The maximum absolute atomic E-state index is 5.79. The summed E-state index contributed by atoms with van der Waals surface area (Å²) >= 11 is 1.76. The Kier molecular flexibility index (Phi) is 5.46. The zero-order chi connectivity index (χ0) is 12.0. The van der Waals surface area contributed by atoms with Gasteiger partial charge in [0.2, 0.25) is 0 Å². The Morgan fingerprint density at radius 2 is 2.19 bits per heavy atom. The zero-order valence-corrected chi connectivity index (χ0v) is 11.6. The van der Waals surface area contributed by atoms with Crippen molar-refractivity contribution >= 4 is 11.3 Å². The lowest BCUT2D eigenvalue weighted by atomic mass is 10.1. The second-order valence-electron chi connectivity index (χ2n) is 5.08. The molecule has 92 valence electrons. The minimum Gasteiger partial charge on any atom is -0.374 e. The van der Waals surface area contributed by atoms with Gasteiger partial charge < -0.3 is 10.1 Å². The van der Waals surface area contributed by atoms with E-state index in [1.54, 1.807) is 11.3 Å². The van der Waals surface area contributed by atoms with Gasteiger partial charge in [-0.25, -0.2) is 0 Å². The minimum absolute atomic E-state index is 0.0442. The van der Waals surface area contributed by atoms with Gasteiger partial charge in [-0.15, -0.1) is 0 Å². The van der Waals surface area contributed by atoms with Crippen molar-refractivity contribution in [3.8, 4) is 0 Å². The van der Waals surface area contributed by atoms with Crippen LogP contribution >= 0.6 is 11.3 Å². The molecule has 2 nitrogen and oxygen atoms in total.